The van der Waals surface area contributed by atoms with Crippen LogP contribution in [0, 0.1) is 11.8 Å². The molecule has 0 amide bonds. The lowest BCUT2D eigenvalue weighted by Gasteiger charge is -2.46. The normalized spacial score (nSPS) is 46.4. The van der Waals surface area contributed by atoms with E-state index in [4.69, 9.17) is 19.1 Å². The Hall–Kier alpha value is -0.570. The van der Waals surface area contributed by atoms with Gasteiger partial charge in [-0.1, -0.05) is 12.8 Å². The zero-order chi connectivity index (χ0) is 17.2. The summed E-state index contributed by atoms with van der Waals surface area (Å²) in [5.74, 6) is -1.11. The van der Waals surface area contributed by atoms with Gasteiger partial charge in [-0.2, -0.15) is 10.1 Å². The summed E-state index contributed by atoms with van der Waals surface area (Å²) in [6.45, 7) is 1.75. The molecule has 0 bridgehead atoms. The van der Waals surface area contributed by atoms with Gasteiger partial charge in [0, 0.05) is 39.4 Å². The number of methoxy groups -OCH3 is 2. The molecule has 0 aromatic carbocycles. The first-order valence-corrected chi connectivity index (χ1v) is 9.72. The van der Waals surface area contributed by atoms with Crippen LogP contribution in [0.25, 0.3) is 0 Å². The van der Waals surface area contributed by atoms with Gasteiger partial charge < -0.3 is 9.47 Å². The maximum absolute atomic E-state index is 13.6. The second kappa shape index (κ2) is 5.97. The molecule has 0 aromatic rings. The summed E-state index contributed by atoms with van der Waals surface area (Å²) in [7, 11) is 3.30. The number of piperidine rings is 2. The Labute approximate surface area is 148 Å². The van der Waals surface area contributed by atoms with Gasteiger partial charge >= 0.3 is 0 Å². The van der Waals surface area contributed by atoms with Crippen molar-refractivity contribution in [3.63, 3.8) is 0 Å². The van der Waals surface area contributed by atoms with E-state index in [1.807, 2.05) is 10.1 Å². The van der Waals surface area contributed by atoms with Gasteiger partial charge in [0.2, 0.25) is 5.79 Å². The summed E-state index contributed by atoms with van der Waals surface area (Å²) in [6, 6.07) is 0.295. The average molecular weight is 352 g/mol. The number of carbonyl (C=O) groups excluding carboxylic acids is 1. The number of rotatable bonds is 2. The van der Waals surface area contributed by atoms with Crippen molar-refractivity contribution in [1.29, 1.82) is 0 Å². The van der Waals surface area contributed by atoms with Crippen LogP contribution in [0.5, 0.6) is 0 Å². The number of ketones is 1. The lowest BCUT2D eigenvalue weighted by atomic mass is 9.66. The highest BCUT2D eigenvalue weighted by Gasteiger charge is 2.71. The number of hydrogen-bond acceptors (Lipinski definition) is 7. The number of Topliss-reactive ketones (excluding diaryl/α,β-unsaturated/α-hetero) is 1. The predicted octanol–water partition coefficient (Wildman–Crippen LogP) is 1.13. The third-order valence-corrected chi connectivity index (χ3v) is 7.06. The van der Waals surface area contributed by atoms with Crippen LogP contribution in [0.4, 0.5) is 0 Å². The molecule has 25 heavy (non-hydrogen) atoms. The van der Waals surface area contributed by atoms with Crippen LogP contribution in [-0.2, 0) is 23.9 Å². The lowest BCUT2D eigenvalue weighted by molar-refractivity contribution is -0.360. The van der Waals surface area contributed by atoms with Crippen molar-refractivity contribution in [2.24, 2.45) is 11.8 Å². The molecule has 4 heterocycles. The van der Waals surface area contributed by atoms with Gasteiger partial charge in [-0.25, -0.2) is 0 Å². The second-order valence-corrected chi connectivity index (χ2v) is 8.04. The largest absolute Gasteiger partial charge is 0.349 e. The fourth-order valence-electron chi connectivity index (χ4n) is 5.92. The zero-order valence-corrected chi connectivity index (χ0v) is 15.1. The first-order valence-electron chi connectivity index (χ1n) is 9.72. The SMILES string of the molecule is COC1(OC)C2ON3CCCCC3C2C(=O)C2C3CCCCN3OC21. The van der Waals surface area contributed by atoms with E-state index >= 15 is 0 Å². The van der Waals surface area contributed by atoms with E-state index in [9.17, 15) is 4.79 Å². The van der Waals surface area contributed by atoms with Crippen LogP contribution < -0.4 is 0 Å². The highest BCUT2D eigenvalue weighted by molar-refractivity contribution is 5.88. The number of carbonyl (C=O) groups is 1. The first kappa shape index (κ1) is 16.6. The van der Waals surface area contributed by atoms with Crippen LogP contribution in [0.2, 0.25) is 0 Å². The smallest absolute Gasteiger partial charge is 0.227 e. The Balaban J connectivity index is 1.57. The van der Waals surface area contributed by atoms with E-state index in [0.29, 0.717) is 5.78 Å². The van der Waals surface area contributed by atoms with Crippen LogP contribution in [-0.4, -0.2) is 73.3 Å². The molecule has 4 aliphatic heterocycles. The molecular weight excluding hydrogens is 324 g/mol. The standard InChI is InChI=1S/C18H28N2O5/c1-22-18(23-2)16-13(11-7-3-5-9-19(11)24-16)15(21)14-12-8-4-6-10-20(12)25-17(14)18/h11-14,16-17H,3-10H2,1-2H3. The number of ether oxygens (including phenoxy) is 2. The van der Waals surface area contributed by atoms with Gasteiger partial charge in [0.25, 0.3) is 0 Å². The average Bonchev–Trinajstić information content (AvgIpc) is 3.22. The van der Waals surface area contributed by atoms with Gasteiger partial charge in [0.05, 0.1) is 11.8 Å². The van der Waals surface area contributed by atoms with Crippen LogP contribution in [0.1, 0.15) is 38.5 Å². The van der Waals surface area contributed by atoms with Crippen molar-refractivity contribution in [3.05, 3.63) is 0 Å². The minimum atomic E-state index is -1.03. The maximum atomic E-state index is 13.6. The van der Waals surface area contributed by atoms with Crippen LogP contribution in [0.3, 0.4) is 0 Å². The van der Waals surface area contributed by atoms with Crippen LogP contribution in [0.15, 0.2) is 0 Å². The van der Waals surface area contributed by atoms with Crippen molar-refractivity contribution < 1.29 is 23.9 Å². The molecule has 0 aromatic heterocycles. The van der Waals surface area contributed by atoms with E-state index in [1.165, 1.54) is 0 Å². The van der Waals surface area contributed by atoms with Gasteiger partial charge in [0.15, 0.2) is 0 Å². The molecule has 0 N–H and O–H groups in total. The summed E-state index contributed by atoms with van der Waals surface area (Å²) in [5.41, 5.74) is 0. The van der Waals surface area contributed by atoms with Crippen molar-refractivity contribution in [2.75, 3.05) is 27.3 Å². The van der Waals surface area contributed by atoms with Gasteiger partial charge in [0.1, 0.15) is 18.0 Å². The zero-order valence-electron chi connectivity index (χ0n) is 15.1. The number of hydroxylamine groups is 4. The monoisotopic (exact) mass is 352 g/mol. The number of nitrogens with zero attached hydrogens (tertiary/aromatic N) is 2. The third-order valence-electron chi connectivity index (χ3n) is 7.06. The third kappa shape index (κ3) is 2.11. The molecule has 6 unspecified atom stereocenters. The van der Waals surface area contributed by atoms with Crippen molar-refractivity contribution in [3.8, 4) is 0 Å². The molecule has 5 rings (SSSR count). The van der Waals surface area contributed by atoms with E-state index < -0.39 is 18.0 Å². The van der Waals surface area contributed by atoms with E-state index in [1.54, 1.807) is 14.2 Å². The van der Waals surface area contributed by atoms with Gasteiger partial charge in [-0.3, -0.25) is 14.5 Å². The quantitative estimate of drug-likeness (QED) is 0.691. The topological polar surface area (TPSA) is 60.5 Å². The predicted molar refractivity (Wildman–Crippen MR) is 87.2 cm³/mol. The van der Waals surface area contributed by atoms with Crippen molar-refractivity contribution in [1.82, 2.24) is 10.1 Å². The molecule has 0 spiro atoms. The van der Waals surface area contributed by atoms with E-state index in [0.717, 1.165) is 51.6 Å². The second-order valence-electron chi connectivity index (χ2n) is 8.04. The molecule has 140 valence electrons. The van der Waals surface area contributed by atoms with Gasteiger partial charge in [-0.05, 0) is 25.7 Å². The number of fused-ring (bicyclic) bond motifs is 6. The molecule has 1 aliphatic carbocycles. The first-order chi connectivity index (χ1) is 12.2. The van der Waals surface area contributed by atoms with Crippen molar-refractivity contribution >= 4 is 5.78 Å². The van der Waals surface area contributed by atoms with E-state index in [-0.39, 0.29) is 23.9 Å². The molecule has 5 fully saturated rings. The fraction of sp³-hybridized carbons (Fsp3) is 0.944. The summed E-state index contributed by atoms with van der Waals surface area (Å²) in [4.78, 5) is 26.1. The lowest BCUT2D eigenvalue weighted by Crippen LogP contribution is -2.67. The Morgan fingerprint density at radius 3 is 1.80 bits per heavy atom. The molecule has 6 atom stereocenters. The minimum absolute atomic E-state index is 0.148. The Morgan fingerprint density at radius 1 is 0.880 bits per heavy atom. The summed E-state index contributed by atoms with van der Waals surface area (Å²) < 4.78 is 11.9. The van der Waals surface area contributed by atoms with Gasteiger partial charge in [-0.15, -0.1) is 0 Å². The Morgan fingerprint density at radius 2 is 1.36 bits per heavy atom. The Kier molecular flexibility index (Phi) is 3.96. The fourth-order valence-corrected chi connectivity index (χ4v) is 5.92. The minimum Gasteiger partial charge on any atom is -0.349 e. The molecule has 7 heteroatoms. The maximum Gasteiger partial charge on any atom is 0.227 e. The number of hydrogen-bond donors (Lipinski definition) is 0. The molecule has 5 aliphatic rings. The molecule has 0 radical (unpaired) electrons. The Bertz CT molecular complexity index is 512. The van der Waals surface area contributed by atoms with E-state index in [2.05, 4.69) is 0 Å². The summed E-state index contributed by atoms with van der Waals surface area (Å²) >= 11 is 0. The van der Waals surface area contributed by atoms with Crippen molar-refractivity contribution in [2.45, 2.75) is 68.6 Å². The highest BCUT2D eigenvalue weighted by Crippen LogP contribution is 2.53. The molecular formula is C18H28N2O5. The summed E-state index contributed by atoms with van der Waals surface area (Å²) in [6.07, 6.45) is 5.66. The molecule has 4 saturated heterocycles. The van der Waals surface area contributed by atoms with Crippen LogP contribution >= 0.6 is 0 Å². The molecule has 1 saturated carbocycles. The summed E-state index contributed by atoms with van der Waals surface area (Å²) in [5, 5.41) is 4.03. The highest BCUT2D eigenvalue weighted by atomic mass is 16.8. The molecule has 7 nitrogen and oxygen atoms in total.